The number of hydrogen-bond donors (Lipinski definition) is 3. The van der Waals surface area contributed by atoms with Crippen molar-refractivity contribution in [2.24, 2.45) is 5.73 Å². The third kappa shape index (κ3) is 3.56. The maximum atomic E-state index is 11.5. The van der Waals surface area contributed by atoms with Crippen molar-refractivity contribution in [2.45, 2.75) is 12.6 Å². The number of aromatic hydroxyl groups is 1. The number of benzene rings is 2. The molecule has 0 saturated carbocycles. The van der Waals surface area contributed by atoms with Gasteiger partial charge in [-0.3, -0.25) is 10.1 Å². The van der Waals surface area contributed by atoms with Gasteiger partial charge < -0.3 is 10.8 Å². The number of carbonyl (C=O) groups is 1. The van der Waals surface area contributed by atoms with E-state index in [1.165, 1.54) is 6.07 Å². The number of phenols is 1. The van der Waals surface area contributed by atoms with Crippen molar-refractivity contribution in [3.8, 4) is 5.75 Å². The van der Waals surface area contributed by atoms with Crippen LogP contribution in [0.4, 0.5) is 0 Å². The fourth-order valence-corrected chi connectivity index (χ4v) is 1.90. The molecular formula is C15H16N2O2. The van der Waals surface area contributed by atoms with E-state index >= 15 is 0 Å². The Morgan fingerprint density at radius 3 is 2.53 bits per heavy atom. The van der Waals surface area contributed by atoms with Crippen LogP contribution in [0.5, 0.6) is 5.75 Å². The number of rotatable bonds is 5. The van der Waals surface area contributed by atoms with Crippen LogP contribution in [-0.2, 0) is 11.3 Å². The molecule has 4 N–H and O–H groups in total. The van der Waals surface area contributed by atoms with E-state index in [0.29, 0.717) is 12.1 Å². The molecule has 98 valence electrons. The lowest BCUT2D eigenvalue weighted by molar-refractivity contribution is -0.120. The van der Waals surface area contributed by atoms with Crippen molar-refractivity contribution in [1.29, 1.82) is 0 Å². The largest absolute Gasteiger partial charge is 0.508 e. The molecule has 4 nitrogen and oxygen atoms in total. The predicted octanol–water partition coefficient (Wildman–Crippen LogP) is 1.71. The number of carbonyl (C=O) groups excluding carboxylic acids is 1. The maximum Gasteiger partial charge on any atom is 0.239 e. The molecule has 0 aliphatic rings. The molecule has 0 fully saturated rings. The zero-order valence-corrected chi connectivity index (χ0v) is 10.4. The van der Waals surface area contributed by atoms with Gasteiger partial charge in [-0.15, -0.1) is 0 Å². The highest BCUT2D eigenvalue weighted by molar-refractivity contribution is 5.81. The van der Waals surface area contributed by atoms with E-state index in [4.69, 9.17) is 5.73 Å². The summed E-state index contributed by atoms with van der Waals surface area (Å²) in [5.74, 6) is -0.355. The third-order valence-electron chi connectivity index (χ3n) is 2.84. The highest BCUT2D eigenvalue weighted by Gasteiger charge is 2.17. The lowest BCUT2D eigenvalue weighted by Gasteiger charge is -2.16. The fourth-order valence-electron chi connectivity index (χ4n) is 1.90. The van der Waals surface area contributed by atoms with Gasteiger partial charge in [-0.1, -0.05) is 42.5 Å². The van der Waals surface area contributed by atoms with Crippen LogP contribution in [0.15, 0.2) is 54.6 Å². The fraction of sp³-hybridized carbons (Fsp3) is 0.133. The molecule has 0 spiro atoms. The summed E-state index contributed by atoms with van der Waals surface area (Å²) in [5.41, 5.74) is 7.12. The molecule has 0 radical (unpaired) electrons. The Balaban J connectivity index is 2.11. The van der Waals surface area contributed by atoms with Gasteiger partial charge in [0.15, 0.2) is 0 Å². The van der Waals surface area contributed by atoms with Gasteiger partial charge >= 0.3 is 0 Å². The SMILES string of the molecule is NC(=O)C(NCc1ccccc1)c1cccc(O)c1. The van der Waals surface area contributed by atoms with Gasteiger partial charge in [-0.25, -0.2) is 0 Å². The number of nitrogens with one attached hydrogen (secondary N) is 1. The maximum absolute atomic E-state index is 11.5. The highest BCUT2D eigenvalue weighted by Crippen LogP contribution is 2.18. The van der Waals surface area contributed by atoms with Crippen LogP contribution in [0.3, 0.4) is 0 Å². The minimum absolute atomic E-state index is 0.116. The molecular weight excluding hydrogens is 240 g/mol. The molecule has 19 heavy (non-hydrogen) atoms. The summed E-state index contributed by atoms with van der Waals surface area (Å²) in [6, 6.07) is 15.7. The Morgan fingerprint density at radius 2 is 1.89 bits per heavy atom. The first-order valence-corrected chi connectivity index (χ1v) is 6.02. The summed E-state index contributed by atoms with van der Waals surface area (Å²) < 4.78 is 0. The molecule has 0 saturated heterocycles. The molecule has 0 heterocycles. The lowest BCUT2D eigenvalue weighted by atomic mass is 10.1. The quantitative estimate of drug-likeness (QED) is 0.762. The van der Waals surface area contributed by atoms with Crippen LogP contribution in [0.2, 0.25) is 0 Å². The Bertz CT molecular complexity index is 555. The average Bonchev–Trinajstić information content (AvgIpc) is 2.40. The minimum Gasteiger partial charge on any atom is -0.508 e. The van der Waals surface area contributed by atoms with E-state index in [0.717, 1.165) is 5.56 Å². The summed E-state index contributed by atoms with van der Waals surface area (Å²) in [7, 11) is 0. The number of nitrogens with two attached hydrogens (primary N) is 1. The number of primary amides is 1. The molecule has 2 rings (SSSR count). The summed E-state index contributed by atoms with van der Waals surface area (Å²) in [6.45, 7) is 0.532. The molecule has 0 aromatic heterocycles. The van der Waals surface area contributed by atoms with Crippen molar-refractivity contribution in [1.82, 2.24) is 5.32 Å². The summed E-state index contributed by atoms with van der Waals surface area (Å²) in [5, 5.41) is 12.5. The minimum atomic E-state index is -0.618. The van der Waals surface area contributed by atoms with Gasteiger partial charge in [0.1, 0.15) is 11.8 Å². The van der Waals surface area contributed by atoms with Gasteiger partial charge in [-0.05, 0) is 23.3 Å². The Morgan fingerprint density at radius 1 is 1.16 bits per heavy atom. The molecule has 1 unspecified atom stereocenters. The highest BCUT2D eigenvalue weighted by atomic mass is 16.3. The van der Waals surface area contributed by atoms with Crippen molar-refractivity contribution in [3.05, 3.63) is 65.7 Å². The monoisotopic (exact) mass is 256 g/mol. The van der Waals surface area contributed by atoms with Crippen LogP contribution in [0, 0.1) is 0 Å². The molecule has 1 amide bonds. The standard InChI is InChI=1S/C15H16N2O2/c16-15(19)14(12-7-4-8-13(18)9-12)17-10-11-5-2-1-3-6-11/h1-9,14,17-18H,10H2,(H2,16,19). The van der Waals surface area contributed by atoms with Crippen LogP contribution >= 0.6 is 0 Å². The van der Waals surface area contributed by atoms with Gasteiger partial charge in [0, 0.05) is 6.54 Å². The average molecular weight is 256 g/mol. The van der Waals surface area contributed by atoms with E-state index in [1.807, 2.05) is 30.3 Å². The van der Waals surface area contributed by atoms with Crippen LogP contribution in [0.1, 0.15) is 17.2 Å². The van der Waals surface area contributed by atoms with Crippen molar-refractivity contribution < 1.29 is 9.90 Å². The molecule has 0 aliphatic heterocycles. The second kappa shape index (κ2) is 6.02. The van der Waals surface area contributed by atoms with Crippen LogP contribution < -0.4 is 11.1 Å². The van der Waals surface area contributed by atoms with Crippen molar-refractivity contribution in [3.63, 3.8) is 0 Å². The first-order chi connectivity index (χ1) is 9.16. The summed E-state index contributed by atoms with van der Waals surface area (Å²) in [4.78, 5) is 11.5. The van der Waals surface area contributed by atoms with Crippen molar-refractivity contribution >= 4 is 5.91 Å². The van der Waals surface area contributed by atoms with Crippen molar-refractivity contribution in [2.75, 3.05) is 0 Å². The number of amides is 1. The number of hydrogen-bond acceptors (Lipinski definition) is 3. The van der Waals surface area contributed by atoms with Gasteiger partial charge in [0.05, 0.1) is 0 Å². The molecule has 4 heteroatoms. The Kier molecular flexibility index (Phi) is 4.15. The first kappa shape index (κ1) is 13.1. The summed E-state index contributed by atoms with van der Waals surface area (Å²) >= 11 is 0. The van der Waals surface area contributed by atoms with Crippen LogP contribution in [-0.4, -0.2) is 11.0 Å². The second-order valence-corrected chi connectivity index (χ2v) is 4.30. The van der Waals surface area contributed by atoms with Crippen LogP contribution in [0.25, 0.3) is 0 Å². The zero-order valence-electron chi connectivity index (χ0n) is 10.4. The number of phenolic OH excluding ortho intramolecular Hbond substituents is 1. The zero-order chi connectivity index (χ0) is 13.7. The van der Waals surface area contributed by atoms with E-state index in [1.54, 1.807) is 18.2 Å². The molecule has 0 aliphatic carbocycles. The molecule has 2 aromatic rings. The molecule has 1 atom stereocenters. The topological polar surface area (TPSA) is 75.4 Å². The predicted molar refractivity (Wildman–Crippen MR) is 73.3 cm³/mol. The molecule has 0 bridgehead atoms. The third-order valence-corrected chi connectivity index (χ3v) is 2.84. The van der Waals surface area contributed by atoms with Gasteiger partial charge in [-0.2, -0.15) is 0 Å². The van der Waals surface area contributed by atoms with Gasteiger partial charge in [0.25, 0.3) is 0 Å². The van der Waals surface area contributed by atoms with E-state index < -0.39 is 11.9 Å². The Hall–Kier alpha value is -2.33. The molecule has 2 aromatic carbocycles. The van der Waals surface area contributed by atoms with E-state index in [2.05, 4.69) is 5.32 Å². The smallest absolute Gasteiger partial charge is 0.239 e. The first-order valence-electron chi connectivity index (χ1n) is 6.02. The normalized spacial score (nSPS) is 12.0. The lowest BCUT2D eigenvalue weighted by Crippen LogP contribution is -2.33. The Labute approximate surface area is 111 Å². The second-order valence-electron chi connectivity index (χ2n) is 4.30. The summed E-state index contributed by atoms with van der Waals surface area (Å²) in [6.07, 6.45) is 0. The van der Waals surface area contributed by atoms with E-state index in [9.17, 15) is 9.90 Å². The van der Waals surface area contributed by atoms with E-state index in [-0.39, 0.29) is 5.75 Å². The van der Waals surface area contributed by atoms with Gasteiger partial charge in [0.2, 0.25) is 5.91 Å².